The normalized spacial score (nSPS) is 18.8. The van der Waals surface area contributed by atoms with Gasteiger partial charge in [-0.2, -0.15) is 4.31 Å². The Hall–Kier alpha value is -1.84. The fourth-order valence-corrected chi connectivity index (χ4v) is 6.02. The maximum atomic E-state index is 13.8. The Morgan fingerprint density at radius 3 is 2.37 bits per heavy atom. The van der Waals surface area contributed by atoms with Crippen LogP contribution in [0, 0.1) is 0 Å². The number of nitrogens with one attached hydrogen (secondary N) is 1. The minimum Gasteiger partial charge on any atom is -0.497 e. The van der Waals surface area contributed by atoms with Crippen LogP contribution in [-0.2, 0) is 14.8 Å². The Morgan fingerprint density at radius 2 is 1.77 bits per heavy atom. The molecule has 8 nitrogen and oxygen atoms in total. The fraction of sp³-hybridized carbons (Fsp3) is 0.667. The number of benzene rings is 1. The summed E-state index contributed by atoms with van der Waals surface area (Å²) in [6.07, 6.45) is 5.65. The molecule has 0 atom stereocenters. The molecule has 9 heteroatoms. The van der Waals surface area contributed by atoms with E-state index in [4.69, 9.17) is 9.47 Å². The van der Waals surface area contributed by atoms with Crippen LogP contribution in [0.1, 0.15) is 38.5 Å². The van der Waals surface area contributed by atoms with E-state index in [2.05, 4.69) is 5.32 Å². The molecule has 0 aromatic heterocycles. The quantitative estimate of drug-likeness (QED) is 0.653. The van der Waals surface area contributed by atoms with Crippen LogP contribution in [-0.4, -0.2) is 76.5 Å². The summed E-state index contributed by atoms with van der Waals surface area (Å²) in [6, 6.07) is 4.54. The van der Waals surface area contributed by atoms with E-state index in [1.54, 1.807) is 17.0 Å². The van der Waals surface area contributed by atoms with Gasteiger partial charge in [0, 0.05) is 38.3 Å². The van der Waals surface area contributed by atoms with Crippen LogP contribution in [0.4, 0.5) is 0 Å². The first-order valence-corrected chi connectivity index (χ1v) is 12.1. The first kappa shape index (κ1) is 22.8. The fourth-order valence-electron chi connectivity index (χ4n) is 4.22. The lowest BCUT2D eigenvalue weighted by atomic mass is 10.1. The van der Waals surface area contributed by atoms with Crippen molar-refractivity contribution in [1.82, 2.24) is 14.5 Å². The molecular weight excluding hydrogens is 406 g/mol. The highest BCUT2D eigenvalue weighted by atomic mass is 32.2. The van der Waals surface area contributed by atoms with Crippen molar-refractivity contribution < 1.29 is 22.7 Å². The van der Waals surface area contributed by atoms with E-state index in [1.807, 2.05) is 0 Å². The van der Waals surface area contributed by atoms with Crippen molar-refractivity contribution in [1.29, 1.82) is 0 Å². The van der Waals surface area contributed by atoms with Gasteiger partial charge >= 0.3 is 0 Å². The predicted octanol–water partition coefficient (Wildman–Crippen LogP) is 1.85. The Kier molecular flexibility index (Phi) is 7.96. The van der Waals surface area contributed by atoms with Crippen LogP contribution in [0.25, 0.3) is 0 Å². The zero-order valence-electron chi connectivity index (χ0n) is 17.9. The Morgan fingerprint density at radius 1 is 1.10 bits per heavy atom. The molecule has 1 aromatic rings. The number of carbonyl (C=O) groups excluding carboxylic acids is 1. The average Bonchev–Trinajstić information content (AvgIpc) is 3.06. The van der Waals surface area contributed by atoms with E-state index in [9.17, 15) is 13.2 Å². The zero-order chi connectivity index (χ0) is 21.6. The number of hydrogen-bond donors (Lipinski definition) is 1. The molecule has 2 fully saturated rings. The summed E-state index contributed by atoms with van der Waals surface area (Å²) in [5, 5.41) is 3.22. The molecule has 1 aliphatic heterocycles. The monoisotopic (exact) mass is 439 g/mol. The number of amides is 1. The third-order valence-corrected chi connectivity index (χ3v) is 7.87. The van der Waals surface area contributed by atoms with Crippen molar-refractivity contribution in [2.75, 3.05) is 46.9 Å². The van der Waals surface area contributed by atoms with Crippen molar-refractivity contribution in [3.8, 4) is 11.5 Å². The van der Waals surface area contributed by atoms with Gasteiger partial charge in [0.1, 0.15) is 16.4 Å². The van der Waals surface area contributed by atoms with Crippen molar-refractivity contribution in [3.05, 3.63) is 18.2 Å². The summed E-state index contributed by atoms with van der Waals surface area (Å²) in [5.41, 5.74) is 0. The summed E-state index contributed by atoms with van der Waals surface area (Å²) in [6.45, 7) is 2.50. The number of methoxy groups -OCH3 is 2. The van der Waals surface area contributed by atoms with Gasteiger partial charge in [-0.05, 0) is 25.0 Å². The summed E-state index contributed by atoms with van der Waals surface area (Å²) < 4.78 is 39.7. The minimum absolute atomic E-state index is 0.0432. The average molecular weight is 440 g/mol. The number of hydrogen-bond acceptors (Lipinski definition) is 6. The lowest BCUT2D eigenvalue weighted by molar-refractivity contribution is -0.132. The van der Waals surface area contributed by atoms with Gasteiger partial charge in [0.2, 0.25) is 15.9 Å². The van der Waals surface area contributed by atoms with E-state index in [1.165, 1.54) is 24.6 Å². The van der Waals surface area contributed by atoms with Crippen LogP contribution in [0.3, 0.4) is 0 Å². The van der Waals surface area contributed by atoms with Crippen LogP contribution in [0.2, 0.25) is 0 Å². The first-order valence-electron chi connectivity index (χ1n) is 10.7. The van der Waals surface area contributed by atoms with Crippen molar-refractivity contribution in [2.45, 2.75) is 49.5 Å². The topological polar surface area (TPSA) is 88.2 Å². The molecule has 1 saturated heterocycles. The SMILES string of the molecule is COc1ccc(OC)c(S(=O)(=O)N(CC(=O)N2CCNCC2)C2CCCCCC2)c1. The molecule has 168 valence electrons. The van der Waals surface area contributed by atoms with Gasteiger partial charge in [0.25, 0.3) is 0 Å². The summed E-state index contributed by atoms with van der Waals surface area (Å²) in [5.74, 6) is 0.541. The number of ether oxygens (including phenoxy) is 2. The van der Waals surface area contributed by atoms with E-state index in [0.717, 1.165) is 51.6 Å². The van der Waals surface area contributed by atoms with Gasteiger partial charge in [-0.3, -0.25) is 4.79 Å². The molecule has 0 radical (unpaired) electrons. The summed E-state index contributed by atoms with van der Waals surface area (Å²) in [4.78, 5) is 14.8. The van der Waals surface area contributed by atoms with Gasteiger partial charge in [-0.1, -0.05) is 25.7 Å². The maximum Gasteiger partial charge on any atom is 0.247 e. The minimum atomic E-state index is -3.96. The van der Waals surface area contributed by atoms with Crippen LogP contribution >= 0.6 is 0 Å². The molecule has 1 amide bonds. The number of carbonyl (C=O) groups is 1. The van der Waals surface area contributed by atoms with E-state index < -0.39 is 10.0 Å². The third kappa shape index (κ3) is 5.25. The van der Waals surface area contributed by atoms with Gasteiger partial charge in [0.05, 0.1) is 20.8 Å². The zero-order valence-corrected chi connectivity index (χ0v) is 18.7. The Labute approximate surface area is 179 Å². The Bertz CT molecular complexity index is 816. The van der Waals surface area contributed by atoms with Crippen molar-refractivity contribution in [3.63, 3.8) is 0 Å². The highest BCUT2D eigenvalue weighted by Gasteiger charge is 2.36. The molecule has 1 N–H and O–H groups in total. The molecule has 30 heavy (non-hydrogen) atoms. The van der Waals surface area contributed by atoms with Crippen molar-refractivity contribution in [2.24, 2.45) is 0 Å². The molecule has 0 unspecified atom stereocenters. The number of sulfonamides is 1. The molecule has 3 rings (SSSR count). The summed E-state index contributed by atoms with van der Waals surface area (Å²) >= 11 is 0. The maximum absolute atomic E-state index is 13.8. The standard InChI is InChI=1S/C21H33N3O5S/c1-28-18-9-10-19(29-2)20(15-18)30(26,27)24(17-7-5-3-4-6-8-17)16-21(25)23-13-11-22-12-14-23/h9-10,15,17,22H,3-8,11-14,16H2,1-2H3. The molecule has 1 aromatic carbocycles. The second kappa shape index (κ2) is 10.5. The molecular formula is C21H33N3O5S. The molecule has 1 heterocycles. The van der Waals surface area contributed by atoms with Gasteiger partial charge in [-0.25, -0.2) is 8.42 Å². The lowest BCUT2D eigenvalue weighted by Gasteiger charge is -2.34. The predicted molar refractivity (Wildman–Crippen MR) is 114 cm³/mol. The molecule has 0 bridgehead atoms. The van der Waals surface area contributed by atoms with Crippen LogP contribution in [0.5, 0.6) is 11.5 Å². The Balaban J connectivity index is 1.96. The highest BCUT2D eigenvalue weighted by Crippen LogP contribution is 2.34. The van der Waals surface area contributed by atoms with Crippen molar-refractivity contribution >= 4 is 15.9 Å². The number of piperazine rings is 1. The van der Waals surface area contributed by atoms with E-state index in [0.29, 0.717) is 18.8 Å². The largest absolute Gasteiger partial charge is 0.497 e. The highest BCUT2D eigenvalue weighted by molar-refractivity contribution is 7.89. The molecule has 1 aliphatic carbocycles. The first-order chi connectivity index (χ1) is 14.5. The lowest BCUT2D eigenvalue weighted by Crippen LogP contribution is -2.52. The van der Waals surface area contributed by atoms with Crippen LogP contribution < -0.4 is 14.8 Å². The van der Waals surface area contributed by atoms with Crippen LogP contribution in [0.15, 0.2) is 23.1 Å². The summed E-state index contributed by atoms with van der Waals surface area (Å²) in [7, 11) is -1.02. The second-order valence-electron chi connectivity index (χ2n) is 7.84. The molecule has 1 saturated carbocycles. The number of rotatable bonds is 7. The molecule has 2 aliphatic rings. The third-order valence-electron chi connectivity index (χ3n) is 5.95. The number of nitrogens with zero attached hydrogens (tertiary/aromatic N) is 2. The van der Waals surface area contributed by atoms with Gasteiger partial charge in [-0.15, -0.1) is 0 Å². The smallest absolute Gasteiger partial charge is 0.247 e. The van der Waals surface area contributed by atoms with Gasteiger partial charge < -0.3 is 19.7 Å². The second-order valence-corrected chi connectivity index (χ2v) is 9.70. The van der Waals surface area contributed by atoms with E-state index in [-0.39, 0.29) is 29.1 Å². The van der Waals surface area contributed by atoms with E-state index >= 15 is 0 Å². The van der Waals surface area contributed by atoms with Gasteiger partial charge in [0.15, 0.2) is 0 Å². The molecule has 0 spiro atoms.